The Morgan fingerprint density at radius 3 is 2.28 bits per heavy atom. The summed E-state index contributed by atoms with van der Waals surface area (Å²) in [5.74, 6) is 2.05. The van der Waals surface area contributed by atoms with Gasteiger partial charge in [0.05, 0.1) is 0 Å². The molecule has 1 aromatic heterocycles. The van der Waals surface area contributed by atoms with Gasteiger partial charge in [-0.1, -0.05) is 12.1 Å². The highest BCUT2D eigenvalue weighted by molar-refractivity contribution is 5.77. The number of aromatic nitrogens is 3. The maximum absolute atomic E-state index is 13.0. The van der Waals surface area contributed by atoms with E-state index in [0.29, 0.717) is 24.8 Å². The Bertz CT molecular complexity index is 1150. The van der Waals surface area contributed by atoms with Crippen LogP contribution in [0.15, 0.2) is 24.3 Å². The van der Waals surface area contributed by atoms with E-state index in [1.807, 2.05) is 9.80 Å². The number of H-pyrrole nitrogens is 1. The molecule has 36 heavy (non-hydrogen) atoms. The van der Waals surface area contributed by atoms with E-state index < -0.39 is 17.4 Å². The number of likely N-dealkylation sites (tertiary alicyclic amines) is 2. The molecule has 6 rings (SSSR count). The maximum Gasteiger partial charge on any atom is 0.427 e. The summed E-state index contributed by atoms with van der Waals surface area (Å²) in [7, 11) is 0. The van der Waals surface area contributed by atoms with Crippen LogP contribution in [0.1, 0.15) is 68.6 Å². The first kappa shape index (κ1) is 23.6. The van der Waals surface area contributed by atoms with Crippen molar-refractivity contribution in [1.29, 1.82) is 0 Å². The lowest BCUT2D eigenvalue weighted by atomic mass is 9.57. The Morgan fingerprint density at radius 1 is 1.06 bits per heavy atom. The van der Waals surface area contributed by atoms with Crippen LogP contribution in [0.3, 0.4) is 0 Å². The summed E-state index contributed by atoms with van der Waals surface area (Å²) in [6, 6.07) is 6.71. The highest BCUT2D eigenvalue weighted by atomic mass is 19.4. The zero-order chi connectivity index (χ0) is 25.5. The van der Waals surface area contributed by atoms with Gasteiger partial charge >= 0.3 is 12.2 Å². The van der Waals surface area contributed by atoms with Gasteiger partial charge in [0.25, 0.3) is 0 Å². The summed E-state index contributed by atoms with van der Waals surface area (Å²) in [5, 5.41) is 18.5. The predicted molar refractivity (Wildman–Crippen MR) is 122 cm³/mol. The van der Waals surface area contributed by atoms with Gasteiger partial charge in [0.2, 0.25) is 0 Å². The Balaban J connectivity index is 0.954. The summed E-state index contributed by atoms with van der Waals surface area (Å²) >= 11 is 0. The van der Waals surface area contributed by atoms with Gasteiger partial charge < -0.3 is 24.6 Å². The first-order valence-corrected chi connectivity index (χ1v) is 12.4. The molecule has 2 saturated carbocycles. The van der Waals surface area contributed by atoms with Gasteiger partial charge in [0.15, 0.2) is 11.4 Å². The van der Waals surface area contributed by atoms with Crippen LogP contribution < -0.4 is 4.74 Å². The molecule has 1 spiro atoms. The molecule has 0 unspecified atom stereocenters. The predicted octanol–water partition coefficient (Wildman–Crippen LogP) is 3.90. The van der Waals surface area contributed by atoms with Crippen LogP contribution in [-0.4, -0.2) is 74.1 Å². The summed E-state index contributed by atoms with van der Waals surface area (Å²) in [5.41, 5.74) is -1.92. The SMILES string of the molecule is CC(C)(Oc1ccc(C2CN(C(=O)N3CC4(CC(c5nnc(C6(O)CC6)[nH]5)C4)C3)C2)cc1)C(F)(F)F. The third-order valence-electron chi connectivity index (χ3n) is 8.30. The molecule has 2 aromatic rings. The molecular formula is C25H30F3N5O3. The second-order valence-corrected chi connectivity index (χ2v) is 11.6. The van der Waals surface area contributed by atoms with Gasteiger partial charge in [-0.3, -0.25) is 0 Å². The second-order valence-electron chi connectivity index (χ2n) is 11.6. The molecule has 0 radical (unpaired) electrons. The third kappa shape index (κ3) is 3.91. The van der Waals surface area contributed by atoms with Crippen molar-refractivity contribution in [3.8, 4) is 5.75 Å². The number of carbonyl (C=O) groups is 1. The number of nitrogens with one attached hydrogen (secondary N) is 1. The number of halogens is 3. The third-order valence-corrected chi connectivity index (χ3v) is 8.30. The number of rotatable bonds is 5. The number of alkyl halides is 3. The van der Waals surface area contributed by atoms with Crippen LogP contribution in [0.25, 0.3) is 0 Å². The lowest BCUT2D eigenvalue weighted by molar-refractivity contribution is -0.234. The van der Waals surface area contributed by atoms with Gasteiger partial charge in [0.1, 0.15) is 17.2 Å². The van der Waals surface area contributed by atoms with Crippen molar-refractivity contribution >= 4 is 6.03 Å². The van der Waals surface area contributed by atoms with Crippen LogP contribution in [0, 0.1) is 5.41 Å². The number of nitrogens with zero attached hydrogens (tertiary/aromatic N) is 4. The van der Waals surface area contributed by atoms with Crippen LogP contribution in [0.2, 0.25) is 0 Å². The number of benzene rings is 1. The fourth-order valence-corrected chi connectivity index (χ4v) is 5.57. The summed E-state index contributed by atoms with van der Waals surface area (Å²) in [6.45, 7) is 4.70. The quantitative estimate of drug-likeness (QED) is 0.643. The minimum atomic E-state index is -4.46. The second kappa shape index (κ2) is 7.60. The van der Waals surface area contributed by atoms with E-state index in [0.717, 1.165) is 64.0 Å². The average Bonchev–Trinajstić information content (AvgIpc) is 3.26. The van der Waals surface area contributed by atoms with Crippen molar-refractivity contribution in [2.24, 2.45) is 5.41 Å². The topological polar surface area (TPSA) is 94.6 Å². The molecule has 0 atom stereocenters. The largest absolute Gasteiger partial charge is 0.478 e. The normalized spacial score (nSPS) is 23.2. The lowest BCUT2D eigenvalue weighted by Gasteiger charge is -2.59. The molecule has 2 aliphatic heterocycles. The molecule has 2 amide bonds. The average molecular weight is 506 g/mol. The number of urea groups is 1. The molecule has 2 aliphatic carbocycles. The van der Waals surface area contributed by atoms with Crippen molar-refractivity contribution in [2.45, 2.75) is 68.7 Å². The zero-order valence-electron chi connectivity index (χ0n) is 20.3. The fraction of sp³-hybridized carbons (Fsp3) is 0.640. The number of hydrogen-bond donors (Lipinski definition) is 2. The van der Waals surface area contributed by atoms with Crippen molar-refractivity contribution in [3.05, 3.63) is 41.5 Å². The number of amides is 2. The Kier molecular flexibility index (Phi) is 4.97. The summed E-state index contributed by atoms with van der Waals surface area (Å²) in [6.07, 6.45) is -1.08. The minimum Gasteiger partial charge on any atom is -0.478 e. The van der Waals surface area contributed by atoms with Gasteiger partial charge in [-0.2, -0.15) is 13.2 Å². The Labute approximate surface area is 206 Å². The van der Waals surface area contributed by atoms with Crippen molar-refractivity contribution in [1.82, 2.24) is 25.0 Å². The molecule has 0 bridgehead atoms. The van der Waals surface area contributed by atoms with Crippen LogP contribution in [0.4, 0.5) is 18.0 Å². The molecule has 1 aromatic carbocycles. The van der Waals surface area contributed by atoms with Crippen LogP contribution in [-0.2, 0) is 5.60 Å². The molecule has 4 aliphatic rings. The Morgan fingerprint density at radius 2 is 1.69 bits per heavy atom. The van der Waals surface area contributed by atoms with E-state index in [1.165, 1.54) is 0 Å². The van der Waals surface area contributed by atoms with Gasteiger partial charge in [-0.05, 0) is 57.2 Å². The van der Waals surface area contributed by atoms with E-state index in [4.69, 9.17) is 4.74 Å². The Hall–Kier alpha value is -2.82. The van der Waals surface area contributed by atoms with E-state index in [2.05, 4.69) is 15.2 Å². The standard InChI is InChI=1S/C25H30F3N5O3/c1-22(2,25(26,27)28)36-18-5-3-15(4-6-18)17-11-32(12-17)21(34)33-13-23(14-33)9-16(10-23)19-29-20(31-30-19)24(35)7-8-24/h3-6,16-17,35H,7-14H2,1-2H3,(H,29,30,31). The molecule has 2 saturated heterocycles. The molecule has 4 fully saturated rings. The maximum atomic E-state index is 13.0. The molecular weight excluding hydrogens is 475 g/mol. The number of aliphatic hydroxyl groups is 1. The van der Waals surface area contributed by atoms with Crippen LogP contribution in [0.5, 0.6) is 5.75 Å². The summed E-state index contributed by atoms with van der Waals surface area (Å²) < 4.78 is 44.3. The number of hydrogen-bond acceptors (Lipinski definition) is 5. The number of ether oxygens (including phenoxy) is 1. The smallest absolute Gasteiger partial charge is 0.427 e. The molecule has 11 heteroatoms. The van der Waals surface area contributed by atoms with Crippen LogP contribution >= 0.6 is 0 Å². The van der Waals surface area contributed by atoms with E-state index in [1.54, 1.807) is 24.3 Å². The van der Waals surface area contributed by atoms with Gasteiger partial charge in [-0.15, -0.1) is 10.2 Å². The number of carbonyl (C=O) groups excluding carboxylic acids is 1. The molecule has 8 nitrogen and oxygen atoms in total. The van der Waals surface area contributed by atoms with Crippen molar-refractivity contribution in [3.63, 3.8) is 0 Å². The zero-order valence-corrected chi connectivity index (χ0v) is 20.3. The van der Waals surface area contributed by atoms with E-state index in [-0.39, 0.29) is 23.1 Å². The molecule has 3 heterocycles. The fourth-order valence-electron chi connectivity index (χ4n) is 5.57. The number of aromatic amines is 1. The highest BCUT2D eigenvalue weighted by Gasteiger charge is 2.56. The first-order valence-electron chi connectivity index (χ1n) is 12.4. The van der Waals surface area contributed by atoms with E-state index in [9.17, 15) is 23.1 Å². The van der Waals surface area contributed by atoms with Crippen molar-refractivity contribution < 1.29 is 27.8 Å². The summed E-state index contributed by atoms with van der Waals surface area (Å²) in [4.78, 5) is 19.8. The minimum absolute atomic E-state index is 0.0464. The van der Waals surface area contributed by atoms with Crippen molar-refractivity contribution in [2.75, 3.05) is 26.2 Å². The van der Waals surface area contributed by atoms with E-state index >= 15 is 0 Å². The highest BCUT2D eigenvalue weighted by Crippen LogP contribution is 2.56. The first-order chi connectivity index (χ1) is 16.9. The lowest BCUT2D eigenvalue weighted by Crippen LogP contribution is -2.67. The monoisotopic (exact) mass is 505 g/mol. The van der Waals surface area contributed by atoms with Gasteiger partial charge in [0, 0.05) is 43.4 Å². The van der Waals surface area contributed by atoms with Gasteiger partial charge in [-0.25, -0.2) is 4.79 Å². The molecule has 2 N–H and O–H groups in total. The molecule has 194 valence electrons.